The average Bonchev–Trinajstić information content (AvgIpc) is 3.15. The van der Waals surface area contributed by atoms with Crippen molar-refractivity contribution in [3.05, 3.63) is 53.4 Å². The summed E-state index contributed by atoms with van der Waals surface area (Å²) in [5.74, 6) is 1.21. The van der Waals surface area contributed by atoms with Gasteiger partial charge in [0, 0.05) is 12.6 Å². The van der Waals surface area contributed by atoms with Crippen molar-refractivity contribution >= 4 is 17.4 Å². The Balaban J connectivity index is 1.46. The predicted molar refractivity (Wildman–Crippen MR) is 107 cm³/mol. The van der Waals surface area contributed by atoms with Gasteiger partial charge in [0.05, 0.1) is 0 Å². The van der Waals surface area contributed by atoms with Crippen molar-refractivity contribution in [1.29, 1.82) is 0 Å². The number of carbonyl (C=O) groups is 1. The molecule has 4 nitrogen and oxygen atoms in total. The highest BCUT2D eigenvalue weighted by Gasteiger charge is 2.30. The molecule has 1 saturated carbocycles. The summed E-state index contributed by atoms with van der Waals surface area (Å²) < 4.78 is 5.26. The minimum Gasteiger partial charge on any atom is -0.399 e. The number of rotatable bonds is 6. The van der Waals surface area contributed by atoms with E-state index in [1.54, 1.807) is 6.07 Å². The van der Waals surface area contributed by atoms with Crippen molar-refractivity contribution in [3.63, 3.8) is 0 Å². The number of ether oxygens (including phenoxy) is 1. The van der Waals surface area contributed by atoms with Gasteiger partial charge in [0.2, 0.25) is 0 Å². The molecular weight excluding hydrogens is 344 g/mol. The maximum atomic E-state index is 11.9. The highest BCUT2D eigenvalue weighted by atomic mass is 32.1. The van der Waals surface area contributed by atoms with Crippen LogP contribution in [0.3, 0.4) is 0 Å². The van der Waals surface area contributed by atoms with Crippen LogP contribution in [0.2, 0.25) is 0 Å². The molecule has 1 aliphatic rings. The van der Waals surface area contributed by atoms with E-state index in [0.29, 0.717) is 29.5 Å². The minimum atomic E-state index is -0.343. The molecule has 140 valence electrons. The first-order valence-electron chi connectivity index (χ1n) is 9.34. The molecule has 2 aromatic rings. The Kier molecular flexibility index (Phi) is 6.69. The summed E-state index contributed by atoms with van der Waals surface area (Å²) in [6.45, 7) is 0.703. The molecular formula is C21H28N2O2S. The molecule has 0 radical (unpaired) electrons. The number of carbonyl (C=O) groups excluding carboxylic acids is 1. The largest absolute Gasteiger partial charge is 0.413 e. The quantitative estimate of drug-likeness (QED) is 0.780. The number of hydrogen-bond donors (Lipinski definition) is 1. The van der Waals surface area contributed by atoms with E-state index in [1.165, 1.54) is 29.7 Å². The van der Waals surface area contributed by atoms with Crippen molar-refractivity contribution in [2.75, 3.05) is 20.6 Å². The van der Waals surface area contributed by atoms with E-state index in [2.05, 4.69) is 54.6 Å². The van der Waals surface area contributed by atoms with Gasteiger partial charge in [-0.15, -0.1) is 11.3 Å². The summed E-state index contributed by atoms with van der Waals surface area (Å²) in [6, 6.07) is 14.9. The molecule has 0 bridgehead atoms. The Hall–Kier alpha value is -1.85. The zero-order chi connectivity index (χ0) is 18.4. The topological polar surface area (TPSA) is 41.6 Å². The van der Waals surface area contributed by atoms with E-state index in [-0.39, 0.29) is 6.09 Å². The lowest BCUT2D eigenvalue weighted by atomic mass is 9.76. The Morgan fingerprint density at radius 1 is 1.15 bits per heavy atom. The van der Waals surface area contributed by atoms with Crippen LogP contribution in [0.25, 0.3) is 0 Å². The second-order valence-corrected chi connectivity index (χ2v) is 8.21. The van der Waals surface area contributed by atoms with Crippen LogP contribution in [0.1, 0.15) is 37.3 Å². The molecule has 26 heavy (non-hydrogen) atoms. The average molecular weight is 373 g/mol. The predicted octanol–water partition coefficient (Wildman–Crippen LogP) is 4.95. The zero-order valence-corrected chi connectivity index (χ0v) is 16.4. The van der Waals surface area contributed by atoms with Gasteiger partial charge in [-0.25, -0.2) is 4.79 Å². The molecule has 0 aliphatic heterocycles. The van der Waals surface area contributed by atoms with E-state index in [0.717, 1.165) is 12.8 Å². The fraction of sp³-hybridized carbons (Fsp3) is 0.476. The van der Waals surface area contributed by atoms with Crippen LogP contribution in [-0.4, -0.2) is 31.6 Å². The van der Waals surface area contributed by atoms with Gasteiger partial charge in [0.1, 0.15) is 0 Å². The van der Waals surface area contributed by atoms with Crippen LogP contribution in [0, 0.1) is 11.8 Å². The summed E-state index contributed by atoms with van der Waals surface area (Å²) >= 11 is 1.43. The molecule has 0 saturated heterocycles. The van der Waals surface area contributed by atoms with Crippen molar-refractivity contribution in [3.8, 4) is 5.06 Å². The van der Waals surface area contributed by atoms with Crippen molar-refractivity contribution in [2.24, 2.45) is 11.8 Å². The van der Waals surface area contributed by atoms with Crippen molar-refractivity contribution in [2.45, 2.75) is 31.7 Å². The molecule has 1 amide bonds. The number of nitrogens with one attached hydrogen (secondary N) is 1. The standard InChI is InChI=1S/C21H28N2O2S/c1-23(2)20(17-7-4-3-5-8-17)18-12-10-16(11-13-18)15-22-21(24)25-19-9-6-14-26-19/h3-9,14,16,18,20H,10-13,15H2,1-2H3,(H,22,24). The minimum absolute atomic E-state index is 0.343. The number of thiophene rings is 1. The van der Waals surface area contributed by atoms with Gasteiger partial charge < -0.3 is 15.0 Å². The second-order valence-electron chi connectivity index (χ2n) is 7.30. The molecule has 3 rings (SSSR count). The van der Waals surface area contributed by atoms with E-state index >= 15 is 0 Å². The lowest BCUT2D eigenvalue weighted by molar-refractivity contribution is 0.146. The van der Waals surface area contributed by atoms with E-state index in [4.69, 9.17) is 4.74 Å². The fourth-order valence-electron chi connectivity index (χ4n) is 4.03. The smallest absolute Gasteiger partial charge is 0.399 e. The summed E-state index contributed by atoms with van der Waals surface area (Å²) in [5, 5.41) is 5.47. The van der Waals surface area contributed by atoms with E-state index in [1.807, 2.05) is 11.4 Å². The molecule has 5 heteroatoms. The third kappa shape index (κ3) is 5.08. The number of benzene rings is 1. The Morgan fingerprint density at radius 3 is 2.50 bits per heavy atom. The van der Waals surface area contributed by atoms with Gasteiger partial charge in [-0.05, 0) is 74.7 Å². The van der Waals surface area contributed by atoms with Gasteiger partial charge >= 0.3 is 6.09 Å². The first-order valence-corrected chi connectivity index (χ1v) is 10.2. The first-order chi connectivity index (χ1) is 12.6. The summed E-state index contributed by atoms with van der Waals surface area (Å²) in [4.78, 5) is 14.2. The van der Waals surface area contributed by atoms with Crippen LogP contribution in [0.5, 0.6) is 5.06 Å². The van der Waals surface area contributed by atoms with Gasteiger partial charge in [-0.3, -0.25) is 0 Å². The van der Waals surface area contributed by atoms with Crippen LogP contribution in [0.4, 0.5) is 4.79 Å². The van der Waals surface area contributed by atoms with E-state index in [9.17, 15) is 4.79 Å². The van der Waals surface area contributed by atoms with Crippen LogP contribution in [-0.2, 0) is 0 Å². The van der Waals surface area contributed by atoms with Gasteiger partial charge in [-0.1, -0.05) is 30.3 Å². The molecule has 1 heterocycles. The van der Waals surface area contributed by atoms with E-state index < -0.39 is 0 Å². The third-order valence-electron chi connectivity index (χ3n) is 5.26. The summed E-state index contributed by atoms with van der Waals surface area (Å²) in [7, 11) is 4.35. The molecule has 1 fully saturated rings. The fourth-order valence-corrected chi connectivity index (χ4v) is 4.60. The highest BCUT2D eigenvalue weighted by Crippen LogP contribution is 2.39. The van der Waals surface area contributed by atoms with Crippen LogP contribution < -0.4 is 10.1 Å². The first kappa shape index (κ1) is 18.9. The van der Waals surface area contributed by atoms with Crippen LogP contribution >= 0.6 is 11.3 Å². The molecule has 0 spiro atoms. The molecule has 1 unspecified atom stereocenters. The third-order valence-corrected chi connectivity index (χ3v) is 6.00. The highest BCUT2D eigenvalue weighted by molar-refractivity contribution is 7.11. The Morgan fingerprint density at radius 2 is 1.88 bits per heavy atom. The number of nitrogens with zero attached hydrogens (tertiary/aromatic N) is 1. The molecule has 1 N–H and O–H groups in total. The number of hydrogen-bond acceptors (Lipinski definition) is 4. The molecule has 1 aromatic carbocycles. The lowest BCUT2D eigenvalue weighted by Crippen LogP contribution is -2.35. The Bertz CT molecular complexity index is 665. The lowest BCUT2D eigenvalue weighted by Gasteiger charge is -2.37. The molecule has 1 aliphatic carbocycles. The second kappa shape index (κ2) is 9.19. The van der Waals surface area contributed by atoms with Crippen molar-refractivity contribution in [1.82, 2.24) is 10.2 Å². The molecule has 1 atom stereocenters. The van der Waals surface area contributed by atoms with Crippen molar-refractivity contribution < 1.29 is 9.53 Å². The summed E-state index contributed by atoms with van der Waals surface area (Å²) in [6.07, 6.45) is 4.36. The van der Waals surface area contributed by atoms with Crippen LogP contribution in [0.15, 0.2) is 47.8 Å². The Labute approximate surface area is 160 Å². The van der Waals surface area contributed by atoms with Gasteiger partial charge in [0.25, 0.3) is 0 Å². The molecule has 1 aromatic heterocycles. The normalized spacial score (nSPS) is 21.3. The number of amides is 1. The van der Waals surface area contributed by atoms with Gasteiger partial charge in [0.15, 0.2) is 5.06 Å². The maximum Gasteiger partial charge on any atom is 0.413 e. The SMILES string of the molecule is CN(C)C(c1ccccc1)C1CCC(CNC(=O)Oc2cccs2)CC1. The monoisotopic (exact) mass is 372 g/mol. The summed E-state index contributed by atoms with van der Waals surface area (Å²) in [5.41, 5.74) is 1.40. The van der Waals surface area contributed by atoms with Gasteiger partial charge in [-0.2, -0.15) is 0 Å². The maximum absolute atomic E-state index is 11.9. The zero-order valence-electron chi connectivity index (χ0n) is 15.6.